The number of amides is 1. The Kier molecular flexibility index (Phi) is 9.07. The highest BCUT2D eigenvalue weighted by Crippen LogP contribution is 2.28. The lowest BCUT2D eigenvalue weighted by molar-refractivity contribution is -0.118. The fraction of sp³-hybridized carbons (Fsp3) is 0.444. The van der Waals surface area contributed by atoms with Gasteiger partial charge in [0.25, 0.3) is 0 Å². The van der Waals surface area contributed by atoms with Gasteiger partial charge in [-0.25, -0.2) is 4.68 Å². The molecular formula is C18H27ClN4O4. The molecule has 0 spiro atoms. The van der Waals surface area contributed by atoms with Gasteiger partial charge >= 0.3 is 0 Å². The molecule has 0 aliphatic rings. The van der Waals surface area contributed by atoms with Crippen LogP contribution in [0.25, 0.3) is 0 Å². The largest absolute Gasteiger partial charge is 0.493 e. The van der Waals surface area contributed by atoms with Crippen molar-refractivity contribution >= 4 is 24.1 Å². The highest BCUT2D eigenvalue weighted by Gasteiger charge is 2.16. The van der Waals surface area contributed by atoms with Crippen LogP contribution in [0.5, 0.6) is 11.5 Å². The van der Waals surface area contributed by atoms with Crippen LogP contribution in [0.3, 0.4) is 0 Å². The van der Waals surface area contributed by atoms with Crippen molar-refractivity contribution in [1.29, 1.82) is 0 Å². The van der Waals surface area contributed by atoms with E-state index in [1.165, 1.54) is 7.11 Å². The lowest BCUT2D eigenvalue weighted by atomic mass is 10.2. The van der Waals surface area contributed by atoms with Crippen molar-refractivity contribution in [3.8, 4) is 11.5 Å². The van der Waals surface area contributed by atoms with Gasteiger partial charge in [0.05, 0.1) is 39.5 Å². The third-order valence-electron chi connectivity index (χ3n) is 4.07. The van der Waals surface area contributed by atoms with E-state index in [4.69, 9.17) is 19.9 Å². The smallest absolute Gasteiger partial charge is 0.228 e. The summed E-state index contributed by atoms with van der Waals surface area (Å²) in [5, 5.41) is 7.25. The molecule has 1 aromatic heterocycles. The van der Waals surface area contributed by atoms with Crippen molar-refractivity contribution in [3.63, 3.8) is 0 Å². The molecule has 2 rings (SSSR count). The lowest BCUT2D eigenvalue weighted by Gasteiger charge is -2.15. The third-order valence-corrected chi connectivity index (χ3v) is 4.07. The van der Waals surface area contributed by atoms with E-state index in [0.29, 0.717) is 23.9 Å². The Labute approximate surface area is 165 Å². The molecule has 1 heterocycles. The van der Waals surface area contributed by atoms with Gasteiger partial charge in [0, 0.05) is 19.2 Å². The first kappa shape index (κ1) is 22.8. The molecule has 1 atom stereocenters. The molecule has 150 valence electrons. The summed E-state index contributed by atoms with van der Waals surface area (Å²) < 4.78 is 17.5. The van der Waals surface area contributed by atoms with Crippen LogP contribution in [0, 0.1) is 6.92 Å². The zero-order valence-corrected chi connectivity index (χ0v) is 16.8. The van der Waals surface area contributed by atoms with Crippen LogP contribution in [-0.2, 0) is 16.1 Å². The minimum atomic E-state index is -0.308. The third kappa shape index (κ3) is 5.85. The fourth-order valence-corrected chi connectivity index (χ4v) is 2.57. The molecule has 1 unspecified atom stereocenters. The predicted molar refractivity (Wildman–Crippen MR) is 106 cm³/mol. The van der Waals surface area contributed by atoms with E-state index in [1.54, 1.807) is 25.1 Å². The van der Waals surface area contributed by atoms with Crippen molar-refractivity contribution < 1.29 is 19.0 Å². The normalized spacial score (nSPS) is 11.4. The molecule has 0 fully saturated rings. The van der Waals surface area contributed by atoms with Gasteiger partial charge in [-0.05, 0) is 24.6 Å². The quantitative estimate of drug-likeness (QED) is 0.669. The number of nitrogens with zero attached hydrogens (tertiary/aromatic N) is 2. The van der Waals surface area contributed by atoms with Gasteiger partial charge < -0.3 is 25.3 Å². The van der Waals surface area contributed by atoms with Crippen LogP contribution >= 0.6 is 12.4 Å². The van der Waals surface area contributed by atoms with E-state index in [9.17, 15) is 4.79 Å². The monoisotopic (exact) mass is 398 g/mol. The number of anilines is 1. The molecule has 0 aliphatic heterocycles. The van der Waals surface area contributed by atoms with Gasteiger partial charge in [-0.2, -0.15) is 5.10 Å². The summed E-state index contributed by atoms with van der Waals surface area (Å²) in [6, 6.07) is 5.66. The summed E-state index contributed by atoms with van der Waals surface area (Å²) in [4.78, 5) is 12.3. The minimum absolute atomic E-state index is 0. The van der Waals surface area contributed by atoms with E-state index in [1.807, 2.05) is 25.1 Å². The first-order chi connectivity index (χ1) is 12.5. The SMILES string of the molecule is COc1ccc(Cn2ncc(C)c2NC(=O)CC(CN)OC)cc1OC.Cl. The number of aromatic nitrogens is 2. The van der Waals surface area contributed by atoms with Crippen molar-refractivity contribution in [1.82, 2.24) is 9.78 Å². The molecule has 3 N–H and O–H groups in total. The Morgan fingerprint density at radius 3 is 2.56 bits per heavy atom. The highest BCUT2D eigenvalue weighted by atomic mass is 35.5. The van der Waals surface area contributed by atoms with Gasteiger partial charge in [-0.1, -0.05) is 6.07 Å². The number of hydrogen-bond donors (Lipinski definition) is 2. The van der Waals surface area contributed by atoms with Crippen molar-refractivity contribution in [2.45, 2.75) is 26.0 Å². The first-order valence-corrected chi connectivity index (χ1v) is 8.28. The van der Waals surface area contributed by atoms with Crippen molar-refractivity contribution in [2.24, 2.45) is 5.73 Å². The Hall–Kier alpha value is -2.29. The number of methoxy groups -OCH3 is 3. The Bertz CT molecular complexity index is 747. The van der Waals surface area contributed by atoms with E-state index >= 15 is 0 Å². The molecule has 1 amide bonds. The maximum Gasteiger partial charge on any atom is 0.228 e. The summed E-state index contributed by atoms with van der Waals surface area (Å²) in [6.07, 6.45) is 1.60. The first-order valence-electron chi connectivity index (χ1n) is 8.28. The number of nitrogens with one attached hydrogen (secondary N) is 1. The molecule has 2 aromatic rings. The number of ether oxygens (including phenoxy) is 3. The van der Waals surface area contributed by atoms with E-state index < -0.39 is 0 Å². The molecule has 27 heavy (non-hydrogen) atoms. The van der Waals surface area contributed by atoms with Gasteiger partial charge in [0.15, 0.2) is 11.5 Å². The second-order valence-corrected chi connectivity index (χ2v) is 5.87. The van der Waals surface area contributed by atoms with Crippen LogP contribution in [0.1, 0.15) is 17.5 Å². The average molecular weight is 399 g/mol. The van der Waals surface area contributed by atoms with Crippen molar-refractivity contribution in [2.75, 3.05) is 33.2 Å². The summed E-state index contributed by atoms with van der Waals surface area (Å²) in [7, 11) is 4.73. The maximum absolute atomic E-state index is 12.3. The second kappa shape index (κ2) is 10.8. The highest BCUT2D eigenvalue weighted by molar-refractivity contribution is 5.90. The van der Waals surface area contributed by atoms with Crippen LogP contribution in [-0.4, -0.2) is 49.7 Å². The lowest BCUT2D eigenvalue weighted by Crippen LogP contribution is -2.28. The minimum Gasteiger partial charge on any atom is -0.493 e. The Morgan fingerprint density at radius 2 is 1.96 bits per heavy atom. The summed E-state index contributed by atoms with van der Waals surface area (Å²) >= 11 is 0. The number of benzene rings is 1. The van der Waals surface area contributed by atoms with Gasteiger partial charge in [0.2, 0.25) is 5.91 Å². The molecular weight excluding hydrogens is 372 g/mol. The number of aryl methyl sites for hydroxylation is 1. The van der Waals surface area contributed by atoms with Crippen LogP contribution < -0.4 is 20.5 Å². The van der Waals surface area contributed by atoms with Crippen molar-refractivity contribution in [3.05, 3.63) is 35.5 Å². The molecule has 0 saturated carbocycles. The summed E-state index contributed by atoms with van der Waals surface area (Å²) in [5.74, 6) is 1.79. The van der Waals surface area contributed by atoms with Gasteiger partial charge in [-0.3, -0.25) is 4.79 Å². The molecule has 0 saturated heterocycles. The summed E-state index contributed by atoms with van der Waals surface area (Å²) in [6.45, 7) is 2.66. The number of hydrogen-bond acceptors (Lipinski definition) is 6. The fourth-order valence-electron chi connectivity index (χ4n) is 2.57. The molecule has 0 bridgehead atoms. The van der Waals surface area contributed by atoms with E-state index in [2.05, 4.69) is 10.4 Å². The number of carbonyl (C=O) groups excluding carboxylic acids is 1. The number of nitrogens with two attached hydrogens (primary N) is 1. The number of carbonyl (C=O) groups is 1. The molecule has 9 heteroatoms. The predicted octanol–water partition coefficient (Wildman–Crippen LogP) is 1.98. The van der Waals surface area contributed by atoms with E-state index in [0.717, 1.165) is 11.1 Å². The van der Waals surface area contributed by atoms with E-state index in [-0.39, 0.29) is 37.4 Å². The zero-order chi connectivity index (χ0) is 19.1. The molecule has 1 aromatic carbocycles. The molecule has 0 radical (unpaired) electrons. The van der Waals surface area contributed by atoms with Crippen LogP contribution in [0.4, 0.5) is 5.82 Å². The molecule has 8 nitrogen and oxygen atoms in total. The van der Waals surface area contributed by atoms with Crippen LogP contribution in [0.15, 0.2) is 24.4 Å². The standard InChI is InChI=1S/C18H26N4O4.ClH/c1-12-10-20-22(18(12)21-17(23)8-14(9-19)24-2)11-13-5-6-15(25-3)16(7-13)26-4;/h5-7,10,14H,8-9,11,19H2,1-4H3,(H,21,23);1H. The Balaban J connectivity index is 0.00000364. The van der Waals surface area contributed by atoms with Gasteiger partial charge in [0.1, 0.15) is 5.82 Å². The van der Waals surface area contributed by atoms with Crippen LogP contribution in [0.2, 0.25) is 0 Å². The zero-order valence-electron chi connectivity index (χ0n) is 16.0. The second-order valence-electron chi connectivity index (χ2n) is 5.87. The average Bonchev–Trinajstić information content (AvgIpc) is 2.99. The maximum atomic E-state index is 12.3. The topological polar surface area (TPSA) is 101 Å². The summed E-state index contributed by atoms with van der Waals surface area (Å²) in [5.41, 5.74) is 7.42. The number of halogens is 1. The Morgan fingerprint density at radius 1 is 1.26 bits per heavy atom. The van der Waals surface area contributed by atoms with Gasteiger partial charge in [-0.15, -0.1) is 12.4 Å². The number of rotatable bonds is 9. The molecule has 0 aliphatic carbocycles.